The van der Waals surface area contributed by atoms with Crippen molar-refractivity contribution in [3.05, 3.63) is 54.4 Å². The molecule has 0 saturated carbocycles. The van der Waals surface area contributed by atoms with Crippen LogP contribution >= 0.6 is 0 Å². The van der Waals surface area contributed by atoms with E-state index < -0.39 is 10.0 Å². The van der Waals surface area contributed by atoms with Crippen LogP contribution in [0.15, 0.2) is 53.7 Å². The zero-order valence-corrected chi connectivity index (χ0v) is 19.1. The third kappa shape index (κ3) is 4.81. The first-order valence-corrected chi connectivity index (χ1v) is 11.7. The Hall–Kier alpha value is -3.51. The number of carbonyl (C=O) groups is 1. The number of tetrazole rings is 1. The summed E-state index contributed by atoms with van der Waals surface area (Å²) in [5.41, 5.74) is 1.65. The van der Waals surface area contributed by atoms with Crippen LogP contribution in [0.2, 0.25) is 0 Å². The molecule has 1 aromatic heterocycles. The summed E-state index contributed by atoms with van der Waals surface area (Å²) in [4.78, 5) is 14.6. The van der Waals surface area contributed by atoms with E-state index in [1.165, 1.54) is 41.7 Å². The first kappa shape index (κ1) is 22.7. The second-order valence-corrected chi connectivity index (χ2v) is 9.34. The minimum absolute atomic E-state index is 0.0478. The largest absolute Gasteiger partial charge is 0.493 e. The van der Waals surface area contributed by atoms with Crippen LogP contribution in [-0.2, 0) is 21.2 Å². The molecule has 1 aliphatic heterocycles. The third-order valence-electron chi connectivity index (χ3n) is 5.49. The molecule has 174 valence electrons. The first-order valence-electron chi connectivity index (χ1n) is 10.2. The number of benzene rings is 2. The Morgan fingerprint density at radius 2 is 1.67 bits per heavy atom. The van der Waals surface area contributed by atoms with Gasteiger partial charge < -0.3 is 14.4 Å². The van der Waals surface area contributed by atoms with Crippen molar-refractivity contribution in [2.45, 2.75) is 11.3 Å². The number of ether oxygens (including phenoxy) is 2. The van der Waals surface area contributed by atoms with E-state index in [1.54, 1.807) is 11.0 Å². The highest BCUT2D eigenvalue weighted by Crippen LogP contribution is 2.31. The maximum Gasteiger partial charge on any atom is 0.243 e. The third-order valence-corrected chi connectivity index (χ3v) is 7.38. The molecular formula is C21H24N6O5S. The number of hydrogen-bond donors (Lipinski definition) is 0. The molecule has 0 aliphatic carbocycles. The summed E-state index contributed by atoms with van der Waals surface area (Å²) >= 11 is 0. The van der Waals surface area contributed by atoms with E-state index in [0.29, 0.717) is 24.6 Å². The second kappa shape index (κ2) is 9.55. The van der Waals surface area contributed by atoms with Crippen LogP contribution < -0.4 is 9.47 Å². The van der Waals surface area contributed by atoms with Crippen molar-refractivity contribution < 1.29 is 22.7 Å². The van der Waals surface area contributed by atoms with Gasteiger partial charge in [0.15, 0.2) is 11.5 Å². The minimum atomic E-state index is -3.71. The molecule has 0 atom stereocenters. The molecule has 0 bridgehead atoms. The summed E-state index contributed by atoms with van der Waals surface area (Å²) in [5.74, 6) is 0.754. The van der Waals surface area contributed by atoms with E-state index in [4.69, 9.17) is 9.47 Å². The molecular weight excluding hydrogens is 448 g/mol. The Labute approximate surface area is 191 Å². The monoisotopic (exact) mass is 472 g/mol. The minimum Gasteiger partial charge on any atom is -0.493 e. The molecule has 3 aromatic rings. The maximum atomic E-state index is 13.1. The van der Waals surface area contributed by atoms with Crippen LogP contribution in [0.3, 0.4) is 0 Å². The zero-order chi connectivity index (χ0) is 23.4. The van der Waals surface area contributed by atoms with E-state index in [9.17, 15) is 13.2 Å². The van der Waals surface area contributed by atoms with Crippen molar-refractivity contribution in [3.63, 3.8) is 0 Å². The molecule has 1 saturated heterocycles. The summed E-state index contributed by atoms with van der Waals surface area (Å²) in [6, 6.07) is 11.9. The number of nitrogens with zero attached hydrogens (tertiary/aromatic N) is 6. The van der Waals surface area contributed by atoms with E-state index in [1.807, 2.05) is 24.3 Å². The Morgan fingerprint density at radius 3 is 2.27 bits per heavy atom. The van der Waals surface area contributed by atoms with Gasteiger partial charge in [0, 0.05) is 32.2 Å². The lowest BCUT2D eigenvalue weighted by atomic mass is 10.1. The summed E-state index contributed by atoms with van der Waals surface area (Å²) in [6.45, 7) is 1.10. The van der Waals surface area contributed by atoms with Crippen LogP contribution in [0.25, 0.3) is 5.69 Å². The highest BCUT2D eigenvalue weighted by molar-refractivity contribution is 7.89. The SMILES string of the molecule is COc1ccc(S(=O)(=O)N2CCN(C(=O)Cc3ccc(-n4cnnn4)cc3)CC2)cc1OC. The Morgan fingerprint density at radius 1 is 0.970 bits per heavy atom. The van der Waals surface area contributed by atoms with Gasteiger partial charge in [-0.3, -0.25) is 4.79 Å². The fourth-order valence-electron chi connectivity index (χ4n) is 3.64. The number of piperazine rings is 1. The lowest BCUT2D eigenvalue weighted by molar-refractivity contribution is -0.131. The molecule has 11 nitrogen and oxygen atoms in total. The Kier molecular flexibility index (Phi) is 6.56. The van der Waals surface area contributed by atoms with Gasteiger partial charge >= 0.3 is 0 Å². The number of aromatic nitrogens is 4. The van der Waals surface area contributed by atoms with Gasteiger partial charge in [-0.15, -0.1) is 5.10 Å². The van der Waals surface area contributed by atoms with Crippen LogP contribution in [-0.4, -0.2) is 84.1 Å². The molecule has 0 N–H and O–H groups in total. The second-order valence-electron chi connectivity index (χ2n) is 7.40. The smallest absolute Gasteiger partial charge is 0.243 e. The van der Waals surface area contributed by atoms with Crippen molar-refractivity contribution in [3.8, 4) is 17.2 Å². The standard InChI is InChI=1S/C21H24N6O5S/c1-31-19-8-7-18(14-20(19)32-2)33(29,30)26-11-9-25(10-12-26)21(28)13-16-3-5-17(6-4-16)27-15-22-23-24-27/h3-8,14-15H,9-13H2,1-2H3. The molecule has 0 unspecified atom stereocenters. The zero-order valence-electron chi connectivity index (χ0n) is 18.3. The number of hydrogen-bond acceptors (Lipinski definition) is 8. The van der Waals surface area contributed by atoms with E-state index in [2.05, 4.69) is 15.5 Å². The molecule has 0 spiro atoms. The molecule has 1 amide bonds. The fraction of sp³-hybridized carbons (Fsp3) is 0.333. The lowest BCUT2D eigenvalue weighted by Gasteiger charge is -2.34. The summed E-state index contributed by atoms with van der Waals surface area (Å²) in [5, 5.41) is 11.0. The highest BCUT2D eigenvalue weighted by Gasteiger charge is 2.30. The number of rotatable bonds is 7. The van der Waals surface area contributed by atoms with Crippen molar-refractivity contribution >= 4 is 15.9 Å². The van der Waals surface area contributed by atoms with E-state index in [-0.39, 0.29) is 30.3 Å². The van der Waals surface area contributed by atoms with E-state index in [0.717, 1.165) is 11.3 Å². The maximum absolute atomic E-state index is 13.1. The fourth-order valence-corrected chi connectivity index (χ4v) is 5.07. The Balaban J connectivity index is 1.36. The van der Waals surface area contributed by atoms with Gasteiger partial charge in [0.1, 0.15) is 6.33 Å². The topological polar surface area (TPSA) is 120 Å². The highest BCUT2D eigenvalue weighted by atomic mass is 32.2. The van der Waals surface area contributed by atoms with Crippen LogP contribution in [0, 0.1) is 0 Å². The van der Waals surface area contributed by atoms with Crippen molar-refractivity contribution in [1.29, 1.82) is 0 Å². The van der Waals surface area contributed by atoms with Gasteiger partial charge in [0.25, 0.3) is 0 Å². The predicted molar refractivity (Wildman–Crippen MR) is 118 cm³/mol. The van der Waals surface area contributed by atoms with Crippen LogP contribution in [0.5, 0.6) is 11.5 Å². The normalized spacial score (nSPS) is 14.8. The van der Waals surface area contributed by atoms with Gasteiger partial charge in [-0.2, -0.15) is 4.31 Å². The number of methoxy groups -OCH3 is 2. The van der Waals surface area contributed by atoms with Gasteiger partial charge in [0.2, 0.25) is 15.9 Å². The number of amides is 1. The number of sulfonamides is 1. The molecule has 33 heavy (non-hydrogen) atoms. The van der Waals surface area contributed by atoms with Gasteiger partial charge in [-0.1, -0.05) is 12.1 Å². The number of carbonyl (C=O) groups excluding carboxylic acids is 1. The molecule has 4 rings (SSSR count). The van der Waals surface area contributed by atoms with E-state index >= 15 is 0 Å². The molecule has 2 aromatic carbocycles. The van der Waals surface area contributed by atoms with Crippen molar-refractivity contribution in [1.82, 2.24) is 29.4 Å². The molecule has 12 heteroatoms. The Bertz CT molecular complexity index is 1210. The van der Waals surface area contributed by atoms with Gasteiger partial charge in [-0.05, 0) is 40.3 Å². The summed E-state index contributed by atoms with van der Waals surface area (Å²) < 4.78 is 39.4. The molecule has 2 heterocycles. The molecule has 1 aliphatic rings. The first-order chi connectivity index (χ1) is 15.9. The average molecular weight is 473 g/mol. The van der Waals surface area contributed by atoms with Gasteiger partial charge in [-0.25, -0.2) is 13.1 Å². The predicted octanol–water partition coefficient (Wildman–Crippen LogP) is 0.755. The van der Waals surface area contributed by atoms with Crippen molar-refractivity contribution in [2.75, 3.05) is 40.4 Å². The van der Waals surface area contributed by atoms with Crippen LogP contribution in [0.1, 0.15) is 5.56 Å². The average Bonchev–Trinajstić information content (AvgIpc) is 3.39. The molecule has 0 radical (unpaired) electrons. The van der Waals surface area contributed by atoms with Gasteiger partial charge in [0.05, 0.1) is 31.2 Å². The van der Waals surface area contributed by atoms with Crippen LogP contribution in [0.4, 0.5) is 0 Å². The summed E-state index contributed by atoms with van der Waals surface area (Å²) in [7, 11) is -0.765. The summed E-state index contributed by atoms with van der Waals surface area (Å²) in [6.07, 6.45) is 1.73. The lowest BCUT2D eigenvalue weighted by Crippen LogP contribution is -2.50. The quantitative estimate of drug-likeness (QED) is 0.494. The van der Waals surface area contributed by atoms with Crippen molar-refractivity contribution in [2.24, 2.45) is 0 Å². The molecule has 1 fully saturated rings.